The first-order valence-electron chi connectivity index (χ1n) is 6.52. The Morgan fingerprint density at radius 1 is 1.37 bits per heavy atom. The van der Waals surface area contributed by atoms with E-state index >= 15 is 0 Å². The third-order valence-corrected chi connectivity index (χ3v) is 3.35. The van der Waals surface area contributed by atoms with Crippen molar-refractivity contribution < 1.29 is 9.84 Å². The van der Waals surface area contributed by atoms with E-state index in [4.69, 9.17) is 9.84 Å². The van der Waals surface area contributed by atoms with Gasteiger partial charge >= 0.3 is 0 Å². The molecule has 0 amide bonds. The molecule has 1 aromatic carbocycles. The van der Waals surface area contributed by atoms with Crippen LogP contribution in [0.4, 0.5) is 5.69 Å². The fraction of sp³-hybridized carbons (Fsp3) is 0.571. The molecule has 0 spiro atoms. The Bertz CT molecular complexity index is 388. The van der Waals surface area contributed by atoms with E-state index in [0.29, 0.717) is 13.2 Å². The van der Waals surface area contributed by atoms with Crippen molar-refractivity contribution in [3.63, 3.8) is 0 Å². The predicted molar refractivity (Wildman–Crippen MR) is 80.1 cm³/mol. The highest BCUT2D eigenvalue weighted by atomic mass is 35.5. The maximum atomic E-state index is 9.11. The summed E-state index contributed by atoms with van der Waals surface area (Å²) in [6.45, 7) is 4.31. The van der Waals surface area contributed by atoms with Gasteiger partial charge in [0.15, 0.2) is 0 Å². The van der Waals surface area contributed by atoms with Crippen molar-refractivity contribution in [3.05, 3.63) is 29.3 Å². The number of rotatable bonds is 7. The SMILES string of the molecule is COCCN(CCO)Cc1cccc2c1NCC2.Cl. The molecule has 1 aliphatic rings. The normalized spacial score (nSPS) is 13.0. The maximum Gasteiger partial charge on any atom is 0.0589 e. The van der Waals surface area contributed by atoms with Crippen LogP contribution in [0.5, 0.6) is 0 Å². The molecule has 0 bridgehead atoms. The number of hydrogen-bond acceptors (Lipinski definition) is 4. The zero-order valence-electron chi connectivity index (χ0n) is 11.4. The third-order valence-electron chi connectivity index (χ3n) is 3.35. The van der Waals surface area contributed by atoms with Gasteiger partial charge in [-0.1, -0.05) is 18.2 Å². The van der Waals surface area contributed by atoms with Gasteiger partial charge in [0.1, 0.15) is 0 Å². The van der Waals surface area contributed by atoms with Crippen LogP contribution in [-0.4, -0.2) is 50.0 Å². The number of methoxy groups -OCH3 is 1. The van der Waals surface area contributed by atoms with Crippen molar-refractivity contribution >= 4 is 18.1 Å². The summed E-state index contributed by atoms with van der Waals surface area (Å²) in [6, 6.07) is 6.47. The minimum atomic E-state index is 0. The Labute approximate surface area is 121 Å². The first kappa shape index (κ1) is 16.2. The molecule has 0 atom stereocenters. The second kappa shape index (κ2) is 8.38. The quantitative estimate of drug-likeness (QED) is 0.798. The summed E-state index contributed by atoms with van der Waals surface area (Å²) in [5.74, 6) is 0. The number of nitrogens with one attached hydrogen (secondary N) is 1. The Kier molecular flexibility index (Phi) is 7.16. The van der Waals surface area contributed by atoms with Crippen LogP contribution >= 0.6 is 12.4 Å². The van der Waals surface area contributed by atoms with E-state index in [0.717, 1.165) is 26.1 Å². The number of hydrogen-bond donors (Lipinski definition) is 2. The minimum Gasteiger partial charge on any atom is -0.395 e. The second-order valence-electron chi connectivity index (χ2n) is 4.62. The Morgan fingerprint density at radius 2 is 2.21 bits per heavy atom. The van der Waals surface area contributed by atoms with Crippen molar-refractivity contribution in [3.8, 4) is 0 Å². The molecular weight excluding hydrogens is 264 g/mol. The van der Waals surface area contributed by atoms with Crippen LogP contribution in [0.15, 0.2) is 18.2 Å². The maximum absolute atomic E-state index is 9.11. The van der Waals surface area contributed by atoms with Gasteiger partial charge in [0.2, 0.25) is 0 Å². The fourth-order valence-electron chi connectivity index (χ4n) is 2.42. The number of fused-ring (bicyclic) bond motifs is 1. The zero-order chi connectivity index (χ0) is 12.8. The molecule has 1 heterocycles. The fourth-order valence-corrected chi connectivity index (χ4v) is 2.42. The molecule has 2 rings (SSSR count). The van der Waals surface area contributed by atoms with Crippen LogP contribution in [0.3, 0.4) is 0 Å². The second-order valence-corrected chi connectivity index (χ2v) is 4.62. The molecule has 0 radical (unpaired) electrons. The predicted octanol–water partition coefficient (Wildman–Crippen LogP) is 1.52. The van der Waals surface area contributed by atoms with Gasteiger partial charge < -0.3 is 15.2 Å². The van der Waals surface area contributed by atoms with E-state index in [1.165, 1.54) is 16.8 Å². The molecule has 2 N–H and O–H groups in total. The summed E-state index contributed by atoms with van der Waals surface area (Å²) in [5, 5.41) is 12.6. The number of para-hydroxylation sites is 1. The largest absolute Gasteiger partial charge is 0.395 e. The number of anilines is 1. The van der Waals surface area contributed by atoms with Gasteiger partial charge in [-0.15, -0.1) is 12.4 Å². The number of halogens is 1. The van der Waals surface area contributed by atoms with E-state index in [-0.39, 0.29) is 19.0 Å². The summed E-state index contributed by atoms with van der Waals surface area (Å²) in [4.78, 5) is 2.22. The summed E-state index contributed by atoms with van der Waals surface area (Å²) in [7, 11) is 1.71. The number of aliphatic hydroxyl groups is 1. The molecule has 0 saturated heterocycles. The number of nitrogens with zero attached hydrogens (tertiary/aromatic N) is 1. The molecule has 1 aromatic rings. The van der Waals surface area contributed by atoms with Gasteiger partial charge in [0.25, 0.3) is 0 Å². The first-order valence-corrected chi connectivity index (χ1v) is 6.52. The highest BCUT2D eigenvalue weighted by Crippen LogP contribution is 2.27. The van der Waals surface area contributed by atoms with Gasteiger partial charge in [0, 0.05) is 39.0 Å². The van der Waals surface area contributed by atoms with Crippen molar-refractivity contribution in [2.75, 3.05) is 45.3 Å². The minimum absolute atomic E-state index is 0. The highest BCUT2D eigenvalue weighted by Gasteiger charge is 2.15. The summed E-state index contributed by atoms with van der Waals surface area (Å²) < 4.78 is 5.11. The van der Waals surface area contributed by atoms with Gasteiger partial charge in [-0.2, -0.15) is 0 Å². The third kappa shape index (κ3) is 4.35. The molecule has 1 aliphatic heterocycles. The standard InChI is InChI=1S/C14H22N2O2.ClH/c1-18-10-8-16(7-9-17)11-13-4-2-3-12-5-6-15-14(12)13;/h2-4,15,17H,5-11H2,1H3;1H. The van der Waals surface area contributed by atoms with Gasteiger partial charge in [0.05, 0.1) is 13.2 Å². The van der Waals surface area contributed by atoms with E-state index in [1.54, 1.807) is 7.11 Å². The van der Waals surface area contributed by atoms with Crippen LogP contribution in [0, 0.1) is 0 Å². The molecule has 0 aromatic heterocycles. The molecule has 0 saturated carbocycles. The number of aliphatic hydroxyl groups excluding tert-OH is 1. The van der Waals surface area contributed by atoms with Crippen molar-refractivity contribution in [1.29, 1.82) is 0 Å². The Hall–Kier alpha value is -0.810. The van der Waals surface area contributed by atoms with Crippen LogP contribution in [-0.2, 0) is 17.7 Å². The lowest BCUT2D eigenvalue weighted by Crippen LogP contribution is -2.30. The summed E-state index contributed by atoms with van der Waals surface area (Å²) >= 11 is 0. The topological polar surface area (TPSA) is 44.7 Å². The molecule has 0 aliphatic carbocycles. The van der Waals surface area contributed by atoms with E-state index in [9.17, 15) is 0 Å². The van der Waals surface area contributed by atoms with Crippen LogP contribution in [0.1, 0.15) is 11.1 Å². The molecule has 0 fully saturated rings. The lowest BCUT2D eigenvalue weighted by Gasteiger charge is -2.22. The average molecular weight is 287 g/mol. The first-order chi connectivity index (χ1) is 8.85. The van der Waals surface area contributed by atoms with Gasteiger partial charge in [-0.25, -0.2) is 0 Å². The van der Waals surface area contributed by atoms with Crippen LogP contribution < -0.4 is 5.32 Å². The van der Waals surface area contributed by atoms with Crippen LogP contribution in [0.25, 0.3) is 0 Å². The molecule has 108 valence electrons. The van der Waals surface area contributed by atoms with Gasteiger partial charge in [-0.3, -0.25) is 4.90 Å². The monoisotopic (exact) mass is 286 g/mol. The number of benzene rings is 1. The summed E-state index contributed by atoms with van der Waals surface area (Å²) in [5.41, 5.74) is 4.01. The smallest absolute Gasteiger partial charge is 0.0589 e. The van der Waals surface area contributed by atoms with Crippen molar-refractivity contribution in [1.82, 2.24) is 4.90 Å². The van der Waals surface area contributed by atoms with Crippen LogP contribution in [0.2, 0.25) is 0 Å². The lowest BCUT2D eigenvalue weighted by molar-refractivity contribution is 0.127. The molecular formula is C14H23ClN2O2. The van der Waals surface area contributed by atoms with E-state index in [2.05, 4.69) is 28.4 Å². The molecule has 5 heteroatoms. The average Bonchev–Trinajstić information content (AvgIpc) is 2.85. The molecule has 4 nitrogen and oxygen atoms in total. The van der Waals surface area contributed by atoms with Gasteiger partial charge in [-0.05, 0) is 17.5 Å². The number of ether oxygens (including phenoxy) is 1. The summed E-state index contributed by atoms with van der Waals surface area (Å²) in [6.07, 6.45) is 1.11. The zero-order valence-corrected chi connectivity index (χ0v) is 12.2. The molecule has 19 heavy (non-hydrogen) atoms. The highest BCUT2D eigenvalue weighted by molar-refractivity contribution is 5.85. The Balaban J connectivity index is 0.00000180. The van der Waals surface area contributed by atoms with E-state index < -0.39 is 0 Å². The van der Waals surface area contributed by atoms with Crippen molar-refractivity contribution in [2.24, 2.45) is 0 Å². The Morgan fingerprint density at radius 3 is 2.95 bits per heavy atom. The van der Waals surface area contributed by atoms with E-state index in [1.807, 2.05) is 0 Å². The van der Waals surface area contributed by atoms with Crippen molar-refractivity contribution in [2.45, 2.75) is 13.0 Å². The lowest BCUT2D eigenvalue weighted by atomic mass is 10.1. The molecule has 0 unspecified atom stereocenters.